The summed E-state index contributed by atoms with van der Waals surface area (Å²) in [7, 11) is 1.62. The predicted octanol–water partition coefficient (Wildman–Crippen LogP) is 2.99. The number of oxime groups is 1. The number of hydrogen-bond donors (Lipinski definition) is 3. The number of amidine groups is 1. The maximum Gasteiger partial charge on any atom is 0.143 e. The summed E-state index contributed by atoms with van der Waals surface area (Å²) < 4.78 is 5.33. The highest BCUT2D eigenvalue weighted by atomic mass is 35.5. The van der Waals surface area contributed by atoms with Crippen molar-refractivity contribution in [2.75, 3.05) is 19.0 Å². The van der Waals surface area contributed by atoms with Gasteiger partial charge in [0.05, 0.1) is 12.8 Å². The van der Waals surface area contributed by atoms with Crippen molar-refractivity contribution in [3.05, 3.63) is 22.7 Å². The van der Waals surface area contributed by atoms with Crippen LogP contribution in [0.15, 0.2) is 17.3 Å². The van der Waals surface area contributed by atoms with E-state index in [1.54, 1.807) is 7.11 Å². The molecule has 0 amide bonds. The topological polar surface area (TPSA) is 79.9 Å². The molecule has 0 heterocycles. The number of nitrogens with two attached hydrogens (primary N) is 1. The second kappa shape index (κ2) is 5.79. The molecule has 0 aromatic heterocycles. The minimum atomic E-state index is 0.0921. The molecule has 1 saturated carbocycles. The van der Waals surface area contributed by atoms with Crippen LogP contribution in [0.4, 0.5) is 5.69 Å². The van der Waals surface area contributed by atoms with Gasteiger partial charge in [-0.05, 0) is 36.8 Å². The molecule has 110 valence electrons. The van der Waals surface area contributed by atoms with Gasteiger partial charge in [0.2, 0.25) is 0 Å². The van der Waals surface area contributed by atoms with Crippen molar-refractivity contribution >= 4 is 23.1 Å². The molecule has 1 fully saturated rings. The fourth-order valence-electron chi connectivity index (χ4n) is 2.27. The zero-order chi connectivity index (χ0) is 14.8. The largest absolute Gasteiger partial charge is 0.495 e. The van der Waals surface area contributed by atoms with Crippen molar-refractivity contribution in [3.63, 3.8) is 0 Å². The van der Waals surface area contributed by atoms with Crippen LogP contribution in [0.2, 0.25) is 5.02 Å². The van der Waals surface area contributed by atoms with Crippen LogP contribution >= 0.6 is 11.6 Å². The SMILES string of the molecule is COc1cc(Cl)c(C)cc1NCC1(CC(N)=NO)CC1. The van der Waals surface area contributed by atoms with Crippen molar-refractivity contribution in [2.24, 2.45) is 16.3 Å². The molecule has 0 unspecified atom stereocenters. The second-order valence-corrected chi connectivity index (χ2v) is 5.83. The number of ether oxygens (including phenoxy) is 1. The highest BCUT2D eigenvalue weighted by molar-refractivity contribution is 6.31. The van der Waals surface area contributed by atoms with E-state index in [-0.39, 0.29) is 11.3 Å². The van der Waals surface area contributed by atoms with E-state index in [4.69, 9.17) is 27.3 Å². The van der Waals surface area contributed by atoms with Gasteiger partial charge in [0.15, 0.2) is 0 Å². The molecule has 2 rings (SSSR count). The Morgan fingerprint density at radius 2 is 2.25 bits per heavy atom. The molecule has 6 heteroatoms. The summed E-state index contributed by atoms with van der Waals surface area (Å²) in [6.45, 7) is 2.72. The van der Waals surface area contributed by atoms with Crippen LogP contribution in [-0.2, 0) is 0 Å². The summed E-state index contributed by atoms with van der Waals surface area (Å²) in [6, 6.07) is 3.78. The third kappa shape index (κ3) is 3.28. The lowest BCUT2D eigenvalue weighted by atomic mass is 10.0. The van der Waals surface area contributed by atoms with Gasteiger partial charge < -0.3 is 21.0 Å². The Hall–Kier alpha value is -1.62. The van der Waals surface area contributed by atoms with Gasteiger partial charge in [0, 0.05) is 24.1 Å². The van der Waals surface area contributed by atoms with Crippen molar-refractivity contribution in [2.45, 2.75) is 26.2 Å². The number of rotatable bonds is 6. The van der Waals surface area contributed by atoms with Gasteiger partial charge in [0.1, 0.15) is 11.6 Å². The van der Waals surface area contributed by atoms with E-state index in [2.05, 4.69) is 10.5 Å². The smallest absolute Gasteiger partial charge is 0.143 e. The van der Waals surface area contributed by atoms with Crippen molar-refractivity contribution in [3.8, 4) is 5.75 Å². The number of hydrogen-bond acceptors (Lipinski definition) is 4. The van der Waals surface area contributed by atoms with Gasteiger partial charge in [-0.15, -0.1) is 0 Å². The van der Waals surface area contributed by atoms with Crippen LogP contribution in [0.5, 0.6) is 5.75 Å². The minimum absolute atomic E-state index is 0.0921. The molecule has 4 N–H and O–H groups in total. The fourth-order valence-corrected chi connectivity index (χ4v) is 2.42. The average Bonchev–Trinajstić information content (AvgIpc) is 3.19. The lowest BCUT2D eigenvalue weighted by molar-refractivity contribution is 0.315. The Morgan fingerprint density at radius 3 is 2.80 bits per heavy atom. The summed E-state index contributed by atoms with van der Waals surface area (Å²) in [6.07, 6.45) is 2.75. The van der Waals surface area contributed by atoms with Crippen LogP contribution in [-0.4, -0.2) is 24.7 Å². The van der Waals surface area contributed by atoms with Crippen molar-refractivity contribution < 1.29 is 9.94 Å². The van der Waals surface area contributed by atoms with E-state index < -0.39 is 0 Å². The molecule has 0 saturated heterocycles. The summed E-state index contributed by atoms with van der Waals surface area (Å²) in [4.78, 5) is 0. The molecule has 0 bridgehead atoms. The van der Waals surface area contributed by atoms with E-state index in [1.165, 1.54) is 0 Å². The lowest BCUT2D eigenvalue weighted by Crippen LogP contribution is -2.23. The lowest BCUT2D eigenvalue weighted by Gasteiger charge is -2.18. The molecule has 0 aliphatic heterocycles. The van der Waals surface area contributed by atoms with Gasteiger partial charge in [-0.2, -0.15) is 0 Å². The Balaban J connectivity index is 2.06. The zero-order valence-electron chi connectivity index (χ0n) is 11.7. The summed E-state index contributed by atoms with van der Waals surface area (Å²) in [5.74, 6) is 1.00. The zero-order valence-corrected chi connectivity index (χ0v) is 12.5. The quantitative estimate of drug-likeness (QED) is 0.326. The monoisotopic (exact) mass is 297 g/mol. The molecule has 1 aromatic rings. The van der Waals surface area contributed by atoms with E-state index in [9.17, 15) is 0 Å². The van der Waals surface area contributed by atoms with Gasteiger partial charge in [-0.3, -0.25) is 0 Å². The van der Waals surface area contributed by atoms with E-state index >= 15 is 0 Å². The fraction of sp³-hybridized carbons (Fsp3) is 0.500. The normalized spacial score (nSPS) is 16.9. The van der Waals surface area contributed by atoms with Crippen LogP contribution in [0.25, 0.3) is 0 Å². The molecule has 0 atom stereocenters. The number of halogens is 1. The van der Waals surface area contributed by atoms with Crippen LogP contribution in [0, 0.1) is 12.3 Å². The van der Waals surface area contributed by atoms with E-state index in [1.807, 2.05) is 19.1 Å². The summed E-state index contributed by atoms with van der Waals surface area (Å²) in [5, 5.41) is 15.8. The molecule has 0 spiro atoms. The first kappa shape index (κ1) is 14.8. The molecule has 1 aliphatic rings. The molecule has 5 nitrogen and oxygen atoms in total. The molecular formula is C14H20ClN3O2. The maximum absolute atomic E-state index is 8.67. The number of nitrogens with zero attached hydrogens (tertiary/aromatic N) is 1. The Morgan fingerprint density at radius 1 is 1.55 bits per heavy atom. The first-order valence-corrected chi connectivity index (χ1v) is 6.92. The standard InChI is InChI=1S/C14H20ClN3O2/c1-9-5-11(12(20-2)6-10(9)15)17-8-14(3-4-14)7-13(16)18-19/h5-6,17,19H,3-4,7-8H2,1-2H3,(H2,16,18). The Labute approximate surface area is 123 Å². The third-order valence-corrected chi connectivity index (χ3v) is 4.18. The molecule has 1 aliphatic carbocycles. The first-order valence-electron chi connectivity index (χ1n) is 6.54. The predicted molar refractivity (Wildman–Crippen MR) is 80.9 cm³/mol. The third-order valence-electron chi connectivity index (χ3n) is 3.78. The van der Waals surface area contributed by atoms with E-state index in [0.717, 1.165) is 36.4 Å². The number of anilines is 1. The van der Waals surface area contributed by atoms with Gasteiger partial charge in [-0.1, -0.05) is 16.8 Å². The highest BCUT2D eigenvalue weighted by Crippen LogP contribution is 2.49. The van der Waals surface area contributed by atoms with Crippen LogP contribution in [0.1, 0.15) is 24.8 Å². The van der Waals surface area contributed by atoms with Gasteiger partial charge in [-0.25, -0.2) is 0 Å². The molecule has 1 aromatic carbocycles. The number of nitrogens with one attached hydrogen (secondary N) is 1. The Bertz CT molecular complexity index is 527. The number of aryl methyl sites for hydroxylation is 1. The summed E-state index contributed by atoms with van der Waals surface area (Å²) in [5.41, 5.74) is 7.60. The number of benzene rings is 1. The van der Waals surface area contributed by atoms with Crippen molar-refractivity contribution in [1.82, 2.24) is 0 Å². The highest BCUT2D eigenvalue weighted by Gasteiger charge is 2.43. The minimum Gasteiger partial charge on any atom is -0.495 e. The van der Waals surface area contributed by atoms with Crippen LogP contribution < -0.4 is 15.8 Å². The summed E-state index contributed by atoms with van der Waals surface area (Å²) >= 11 is 6.09. The first-order chi connectivity index (χ1) is 9.49. The van der Waals surface area contributed by atoms with Gasteiger partial charge >= 0.3 is 0 Å². The van der Waals surface area contributed by atoms with Gasteiger partial charge in [0.25, 0.3) is 0 Å². The molecular weight excluding hydrogens is 278 g/mol. The van der Waals surface area contributed by atoms with Crippen molar-refractivity contribution in [1.29, 1.82) is 0 Å². The Kier molecular flexibility index (Phi) is 4.28. The van der Waals surface area contributed by atoms with Crippen LogP contribution in [0.3, 0.4) is 0 Å². The number of methoxy groups -OCH3 is 1. The molecule has 0 radical (unpaired) electrons. The average molecular weight is 298 g/mol. The molecule has 20 heavy (non-hydrogen) atoms. The van der Waals surface area contributed by atoms with E-state index in [0.29, 0.717) is 11.4 Å². The maximum atomic E-state index is 8.67. The second-order valence-electron chi connectivity index (χ2n) is 5.42.